The fraction of sp³-hybridized carbons (Fsp3) is 0.440. The number of nitrogens with one attached hydrogen (secondary N) is 1. The maximum absolute atomic E-state index is 13.5. The zero-order valence-corrected chi connectivity index (χ0v) is 22.3. The van der Waals surface area contributed by atoms with Crippen molar-refractivity contribution in [2.45, 2.75) is 57.7 Å². The van der Waals surface area contributed by atoms with Crippen molar-refractivity contribution in [3.63, 3.8) is 0 Å². The molecule has 1 aliphatic carbocycles. The molecule has 0 aliphatic heterocycles. The first kappa shape index (κ1) is 27.1. The van der Waals surface area contributed by atoms with E-state index < -0.39 is 34.3 Å². The van der Waals surface area contributed by atoms with Crippen molar-refractivity contribution >= 4 is 43.5 Å². The van der Waals surface area contributed by atoms with Crippen LogP contribution >= 0.6 is 15.9 Å². The largest absolute Gasteiger partial charge is 0.352 e. The molecular formula is C25H31BrFN3O4S. The van der Waals surface area contributed by atoms with E-state index in [0.717, 1.165) is 64.8 Å². The van der Waals surface area contributed by atoms with Gasteiger partial charge in [-0.3, -0.25) is 13.9 Å². The average Bonchev–Trinajstić information content (AvgIpc) is 2.81. The molecular weight excluding hydrogens is 537 g/mol. The fourth-order valence-electron chi connectivity index (χ4n) is 4.20. The smallest absolute Gasteiger partial charge is 0.244 e. The summed E-state index contributed by atoms with van der Waals surface area (Å²) in [6.07, 6.45) is 6.07. The fourth-order valence-corrected chi connectivity index (χ4v) is 5.50. The number of hydrogen-bond acceptors (Lipinski definition) is 4. The van der Waals surface area contributed by atoms with Crippen LogP contribution in [0.2, 0.25) is 0 Å². The lowest BCUT2D eigenvalue weighted by molar-refractivity contribution is -0.139. The molecule has 1 unspecified atom stereocenters. The molecule has 2 aromatic rings. The Bertz CT molecular complexity index is 1140. The second-order valence-corrected chi connectivity index (χ2v) is 11.7. The third-order valence-corrected chi connectivity index (χ3v) is 7.79. The van der Waals surface area contributed by atoms with Gasteiger partial charge in [-0.05, 0) is 61.7 Å². The van der Waals surface area contributed by atoms with Crippen LogP contribution in [0.25, 0.3) is 0 Å². The topological polar surface area (TPSA) is 86.8 Å². The van der Waals surface area contributed by atoms with Crippen molar-refractivity contribution in [3.8, 4) is 0 Å². The van der Waals surface area contributed by atoms with E-state index in [1.165, 1.54) is 17.0 Å². The number of halogens is 2. The third-order valence-electron chi connectivity index (χ3n) is 6.15. The summed E-state index contributed by atoms with van der Waals surface area (Å²) in [5.74, 6) is -1.32. The van der Waals surface area contributed by atoms with Crippen molar-refractivity contribution in [3.05, 3.63) is 64.4 Å². The van der Waals surface area contributed by atoms with Gasteiger partial charge in [0.05, 0.1) is 11.9 Å². The highest BCUT2D eigenvalue weighted by atomic mass is 79.9. The van der Waals surface area contributed by atoms with Crippen LogP contribution in [0.15, 0.2) is 53.0 Å². The first-order chi connectivity index (χ1) is 16.5. The average molecular weight is 569 g/mol. The summed E-state index contributed by atoms with van der Waals surface area (Å²) >= 11 is 3.42. The van der Waals surface area contributed by atoms with E-state index in [1.54, 1.807) is 6.92 Å². The van der Waals surface area contributed by atoms with E-state index in [1.807, 2.05) is 24.3 Å². The number of carbonyl (C=O) groups excluding carboxylic acids is 2. The minimum Gasteiger partial charge on any atom is -0.352 e. The van der Waals surface area contributed by atoms with Crippen LogP contribution in [-0.2, 0) is 26.2 Å². The van der Waals surface area contributed by atoms with Gasteiger partial charge in [-0.1, -0.05) is 47.3 Å². The molecule has 0 aromatic heterocycles. The first-order valence-corrected chi connectivity index (χ1v) is 14.3. The molecule has 190 valence electrons. The molecule has 1 fully saturated rings. The lowest BCUT2D eigenvalue weighted by Crippen LogP contribution is -2.52. The summed E-state index contributed by atoms with van der Waals surface area (Å²) in [4.78, 5) is 28.0. The van der Waals surface area contributed by atoms with Crippen LogP contribution < -0.4 is 9.62 Å². The number of anilines is 1. The maximum atomic E-state index is 13.5. The summed E-state index contributed by atoms with van der Waals surface area (Å²) in [6.45, 7) is 1.26. The Kier molecular flexibility index (Phi) is 9.29. The molecule has 1 saturated carbocycles. The summed E-state index contributed by atoms with van der Waals surface area (Å²) < 4.78 is 40.2. The molecule has 35 heavy (non-hydrogen) atoms. The molecule has 7 nitrogen and oxygen atoms in total. The van der Waals surface area contributed by atoms with Crippen LogP contribution in [0.4, 0.5) is 10.1 Å². The van der Waals surface area contributed by atoms with Gasteiger partial charge in [0.2, 0.25) is 21.8 Å². The van der Waals surface area contributed by atoms with Crippen molar-refractivity contribution in [2.24, 2.45) is 0 Å². The van der Waals surface area contributed by atoms with Gasteiger partial charge in [0.15, 0.2) is 0 Å². The lowest BCUT2D eigenvalue weighted by Gasteiger charge is -2.33. The van der Waals surface area contributed by atoms with Gasteiger partial charge < -0.3 is 10.2 Å². The quantitative estimate of drug-likeness (QED) is 0.491. The third kappa shape index (κ3) is 7.76. The molecule has 0 bridgehead atoms. The predicted octanol–water partition coefficient (Wildman–Crippen LogP) is 4.22. The minimum atomic E-state index is -3.85. The van der Waals surface area contributed by atoms with Gasteiger partial charge >= 0.3 is 0 Å². The monoisotopic (exact) mass is 567 g/mol. The Balaban J connectivity index is 1.86. The highest BCUT2D eigenvalue weighted by Gasteiger charge is 2.31. The number of benzene rings is 2. The van der Waals surface area contributed by atoms with Crippen LogP contribution in [0.3, 0.4) is 0 Å². The number of hydrogen-bond donors (Lipinski definition) is 1. The number of amides is 2. The molecule has 1 aliphatic rings. The van der Waals surface area contributed by atoms with E-state index in [9.17, 15) is 22.4 Å². The molecule has 1 atom stereocenters. The van der Waals surface area contributed by atoms with Gasteiger partial charge in [0, 0.05) is 17.1 Å². The lowest BCUT2D eigenvalue weighted by atomic mass is 9.95. The second kappa shape index (κ2) is 12.0. The number of carbonyl (C=O) groups is 2. The summed E-state index contributed by atoms with van der Waals surface area (Å²) in [5.41, 5.74) is 0.960. The number of nitrogens with zero attached hydrogens (tertiary/aromatic N) is 2. The molecule has 3 rings (SSSR count). The molecule has 2 aromatic carbocycles. The van der Waals surface area contributed by atoms with Crippen LogP contribution in [-0.4, -0.2) is 50.0 Å². The van der Waals surface area contributed by atoms with Crippen molar-refractivity contribution in [2.75, 3.05) is 17.1 Å². The minimum absolute atomic E-state index is 0.0771. The Morgan fingerprint density at radius 3 is 2.37 bits per heavy atom. The Hall–Kier alpha value is -2.46. The van der Waals surface area contributed by atoms with Crippen molar-refractivity contribution in [1.29, 1.82) is 0 Å². The van der Waals surface area contributed by atoms with Gasteiger partial charge in [-0.25, -0.2) is 12.8 Å². The van der Waals surface area contributed by atoms with Gasteiger partial charge in [-0.15, -0.1) is 0 Å². The molecule has 1 N–H and O–H groups in total. The van der Waals surface area contributed by atoms with Gasteiger partial charge in [-0.2, -0.15) is 0 Å². The van der Waals surface area contributed by atoms with Gasteiger partial charge in [0.25, 0.3) is 0 Å². The normalized spacial score (nSPS) is 15.3. The van der Waals surface area contributed by atoms with Crippen LogP contribution in [0, 0.1) is 5.82 Å². The molecule has 0 heterocycles. The van der Waals surface area contributed by atoms with E-state index in [2.05, 4.69) is 21.2 Å². The van der Waals surface area contributed by atoms with Crippen LogP contribution in [0.5, 0.6) is 0 Å². The van der Waals surface area contributed by atoms with E-state index in [4.69, 9.17) is 0 Å². The Morgan fingerprint density at radius 2 is 1.77 bits per heavy atom. The predicted molar refractivity (Wildman–Crippen MR) is 138 cm³/mol. The van der Waals surface area contributed by atoms with Crippen molar-refractivity contribution in [1.82, 2.24) is 10.2 Å². The molecule has 10 heteroatoms. The van der Waals surface area contributed by atoms with E-state index in [0.29, 0.717) is 0 Å². The maximum Gasteiger partial charge on any atom is 0.244 e. The Labute approximate surface area is 214 Å². The standard InChI is InChI=1S/C25H31BrFN3O4S/c1-18(25(32)28-22-9-4-3-5-10-22)29(16-19-7-6-8-20(26)15-19)24(31)17-30(35(2,33)34)23-13-11-21(27)12-14-23/h6-8,11-15,18,22H,3-5,9-10,16-17H2,1-2H3,(H,28,32). The molecule has 0 radical (unpaired) electrons. The zero-order valence-electron chi connectivity index (χ0n) is 19.9. The summed E-state index contributed by atoms with van der Waals surface area (Å²) in [5, 5.41) is 3.06. The van der Waals surface area contributed by atoms with Crippen LogP contribution in [0.1, 0.15) is 44.6 Å². The van der Waals surface area contributed by atoms with E-state index in [-0.39, 0.29) is 24.2 Å². The number of sulfonamides is 1. The SMILES string of the molecule is CC(C(=O)NC1CCCCC1)N(Cc1cccc(Br)c1)C(=O)CN(c1ccc(F)cc1)S(C)(=O)=O. The second-order valence-electron chi connectivity index (χ2n) is 8.92. The summed E-state index contributed by atoms with van der Waals surface area (Å²) in [6, 6.07) is 11.5. The first-order valence-electron chi connectivity index (χ1n) is 11.6. The van der Waals surface area contributed by atoms with E-state index >= 15 is 0 Å². The van der Waals surface area contributed by atoms with Crippen molar-refractivity contribution < 1.29 is 22.4 Å². The molecule has 2 amide bonds. The summed E-state index contributed by atoms with van der Waals surface area (Å²) in [7, 11) is -3.85. The highest BCUT2D eigenvalue weighted by molar-refractivity contribution is 9.10. The Morgan fingerprint density at radius 1 is 1.11 bits per heavy atom. The molecule has 0 saturated heterocycles. The molecule has 0 spiro atoms. The van der Waals surface area contributed by atoms with Gasteiger partial charge in [0.1, 0.15) is 18.4 Å². The number of rotatable bonds is 9. The zero-order chi connectivity index (χ0) is 25.6. The highest BCUT2D eigenvalue weighted by Crippen LogP contribution is 2.21.